The summed E-state index contributed by atoms with van der Waals surface area (Å²) in [6.45, 7) is 3.50. The van der Waals surface area contributed by atoms with Crippen LogP contribution in [0.1, 0.15) is 35.6 Å². The fraction of sp³-hybridized carbons (Fsp3) is 0.382. The second kappa shape index (κ2) is 12.3. The number of thiazole rings is 1. The molecule has 1 aromatic carbocycles. The van der Waals surface area contributed by atoms with E-state index < -0.39 is 5.60 Å². The first kappa shape index (κ1) is 29.5. The van der Waals surface area contributed by atoms with Gasteiger partial charge in [0.15, 0.2) is 0 Å². The van der Waals surface area contributed by atoms with E-state index in [2.05, 4.69) is 32.0 Å². The number of hydrogen-bond donors (Lipinski definition) is 1. The number of aliphatic hydroxyl groups is 1. The molecule has 2 aliphatic heterocycles. The predicted octanol–water partition coefficient (Wildman–Crippen LogP) is 3.91. The van der Waals surface area contributed by atoms with E-state index in [9.17, 15) is 14.7 Å². The molecule has 1 amide bonds. The molecule has 2 saturated heterocycles. The third-order valence-electron chi connectivity index (χ3n) is 9.40. The van der Waals surface area contributed by atoms with Gasteiger partial charge in [-0.3, -0.25) is 24.0 Å². The first-order chi connectivity index (χ1) is 21.9. The Balaban J connectivity index is 1.02. The summed E-state index contributed by atoms with van der Waals surface area (Å²) >= 11 is 1.69. The van der Waals surface area contributed by atoms with E-state index in [4.69, 9.17) is 0 Å². The number of rotatable bonds is 7. The van der Waals surface area contributed by atoms with Gasteiger partial charge in [-0.1, -0.05) is 30.3 Å². The molecule has 5 aromatic rings. The van der Waals surface area contributed by atoms with E-state index in [1.165, 1.54) is 21.3 Å². The standard InChI is InChI=1S/C34H37N7O3S/c1-38-14-9-28-30(38)37-23-41(33(28)43)22-34(44)11-16-40(17-12-34)32(42)27-10-15-39(21-29(27)24-6-3-2-4-7-24)20-26-19-36-31(45-26)25-8-5-13-35-18-25/h2-9,13-14,18-19,23,27,29,44H,10-12,15-17,20-22H2,1H3/t27-,29+/m1/s1. The van der Waals surface area contributed by atoms with Crippen molar-refractivity contribution in [3.8, 4) is 10.6 Å². The number of carbonyl (C=O) groups is 1. The fourth-order valence-electron chi connectivity index (χ4n) is 6.87. The zero-order valence-electron chi connectivity index (χ0n) is 25.3. The molecule has 0 radical (unpaired) electrons. The highest BCUT2D eigenvalue weighted by atomic mass is 32.1. The van der Waals surface area contributed by atoms with Crippen molar-refractivity contribution in [2.24, 2.45) is 13.0 Å². The highest BCUT2D eigenvalue weighted by molar-refractivity contribution is 7.15. The molecule has 0 bridgehead atoms. The summed E-state index contributed by atoms with van der Waals surface area (Å²) < 4.78 is 3.32. The van der Waals surface area contributed by atoms with E-state index in [1.54, 1.807) is 23.6 Å². The summed E-state index contributed by atoms with van der Waals surface area (Å²) in [5.74, 6) is 0.0996. The topological polar surface area (TPSA) is 109 Å². The molecule has 45 heavy (non-hydrogen) atoms. The third-order valence-corrected chi connectivity index (χ3v) is 10.4. The Morgan fingerprint density at radius 3 is 2.64 bits per heavy atom. The average molecular weight is 624 g/mol. The lowest BCUT2D eigenvalue weighted by Crippen LogP contribution is -2.53. The Kier molecular flexibility index (Phi) is 8.07. The van der Waals surface area contributed by atoms with Crippen LogP contribution in [-0.4, -0.2) is 76.7 Å². The zero-order chi connectivity index (χ0) is 31.0. The van der Waals surface area contributed by atoms with Gasteiger partial charge in [-0.15, -0.1) is 11.3 Å². The van der Waals surface area contributed by atoms with Gasteiger partial charge in [-0.2, -0.15) is 0 Å². The van der Waals surface area contributed by atoms with Gasteiger partial charge in [-0.05, 0) is 49.6 Å². The minimum absolute atomic E-state index is 0.0706. The van der Waals surface area contributed by atoms with Gasteiger partial charge in [0.25, 0.3) is 5.56 Å². The number of nitrogens with zero attached hydrogens (tertiary/aromatic N) is 7. The molecule has 2 fully saturated rings. The molecular weight excluding hydrogens is 586 g/mol. The minimum atomic E-state index is -1.07. The summed E-state index contributed by atoms with van der Waals surface area (Å²) in [7, 11) is 1.85. The first-order valence-corrected chi connectivity index (χ1v) is 16.3. The number of aromatic nitrogens is 5. The number of likely N-dealkylation sites (tertiary alicyclic amines) is 2. The van der Waals surface area contributed by atoms with E-state index in [-0.39, 0.29) is 29.8 Å². The Morgan fingerprint density at radius 2 is 1.87 bits per heavy atom. The fourth-order valence-corrected chi connectivity index (χ4v) is 7.81. The largest absolute Gasteiger partial charge is 0.388 e. The van der Waals surface area contributed by atoms with Crippen molar-refractivity contribution in [2.45, 2.75) is 43.9 Å². The second-order valence-corrected chi connectivity index (χ2v) is 13.5. The Hall–Kier alpha value is -4.19. The lowest BCUT2D eigenvalue weighted by atomic mass is 9.79. The summed E-state index contributed by atoms with van der Waals surface area (Å²) in [5, 5.41) is 13.0. The molecule has 0 spiro atoms. The maximum atomic E-state index is 14.1. The molecule has 1 N–H and O–H groups in total. The number of carbonyl (C=O) groups excluding carboxylic acids is 1. The second-order valence-electron chi connectivity index (χ2n) is 12.4. The number of fused-ring (bicyclic) bond motifs is 1. The molecule has 0 saturated carbocycles. The Morgan fingerprint density at radius 1 is 1.04 bits per heavy atom. The number of amides is 1. The van der Waals surface area contributed by atoms with Crippen LogP contribution in [0.4, 0.5) is 0 Å². The van der Waals surface area contributed by atoms with E-state index in [1.807, 2.05) is 65.4 Å². The molecule has 0 unspecified atom stereocenters. The Bertz CT molecular complexity index is 1840. The van der Waals surface area contributed by atoms with Gasteiger partial charge >= 0.3 is 0 Å². The minimum Gasteiger partial charge on any atom is -0.388 e. The molecule has 0 aliphatic carbocycles. The molecule has 6 heterocycles. The van der Waals surface area contributed by atoms with Gasteiger partial charge in [0.05, 0.1) is 17.5 Å². The Labute approximate surface area is 265 Å². The van der Waals surface area contributed by atoms with Gasteiger partial charge in [0, 0.05) is 80.3 Å². The molecule has 2 aliphatic rings. The van der Waals surface area contributed by atoms with E-state index >= 15 is 0 Å². The average Bonchev–Trinajstić information content (AvgIpc) is 3.70. The van der Waals surface area contributed by atoms with E-state index in [0.29, 0.717) is 37.0 Å². The summed E-state index contributed by atoms with van der Waals surface area (Å²) in [5.41, 5.74) is 1.60. The van der Waals surface area contributed by atoms with Gasteiger partial charge in [-0.25, -0.2) is 9.97 Å². The first-order valence-electron chi connectivity index (χ1n) is 15.5. The van der Waals surface area contributed by atoms with Crippen LogP contribution in [-0.2, 0) is 24.9 Å². The van der Waals surface area contributed by atoms with Crippen LogP contribution in [0.15, 0.2) is 84.4 Å². The maximum Gasteiger partial charge on any atom is 0.262 e. The highest BCUT2D eigenvalue weighted by Gasteiger charge is 2.41. The molecule has 7 rings (SSSR count). The number of piperidine rings is 2. The van der Waals surface area contributed by atoms with Crippen LogP contribution in [0, 0.1) is 5.92 Å². The van der Waals surface area contributed by atoms with Crippen LogP contribution in [0.25, 0.3) is 21.6 Å². The number of hydrogen-bond acceptors (Lipinski definition) is 8. The number of pyridine rings is 1. The normalized spacial score (nSPS) is 20.4. The summed E-state index contributed by atoms with van der Waals surface area (Å²) in [6.07, 6.45) is 10.5. The monoisotopic (exact) mass is 623 g/mol. The van der Waals surface area contributed by atoms with Crippen molar-refractivity contribution in [1.29, 1.82) is 0 Å². The van der Waals surface area contributed by atoms with Crippen LogP contribution < -0.4 is 5.56 Å². The number of aryl methyl sites for hydroxylation is 1. The number of benzene rings is 1. The molecule has 11 heteroatoms. The molecule has 232 valence electrons. The predicted molar refractivity (Wildman–Crippen MR) is 174 cm³/mol. The van der Waals surface area contributed by atoms with Crippen molar-refractivity contribution < 1.29 is 9.90 Å². The smallest absolute Gasteiger partial charge is 0.262 e. The van der Waals surface area contributed by atoms with Crippen LogP contribution >= 0.6 is 11.3 Å². The summed E-state index contributed by atoms with van der Waals surface area (Å²) in [6, 6.07) is 16.1. The van der Waals surface area contributed by atoms with Crippen LogP contribution in [0.5, 0.6) is 0 Å². The SMILES string of the molecule is Cn1ccc2c(=O)n(CC3(O)CCN(C(=O)[C@@H]4CCN(Cc5cnc(-c6cccnc6)s5)C[C@H]4c4ccccc4)CC3)cnc21. The molecular formula is C34H37N7O3S. The van der Waals surface area contributed by atoms with Crippen molar-refractivity contribution in [3.05, 3.63) is 100 Å². The van der Waals surface area contributed by atoms with Crippen LogP contribution in [0.3, 0.4) is 0 Å². The molecule has 4 aromatic heterocycles. The lowest BCUT2D eigenvalue weighted by molar-refractivity contribution is -0.142. The van der Waals surface area contributed by atoms with Gasteiger partial charge < -0.3 is 14.6 Å². The van der Waals surface area contributed by atoms with Crippen molar-refractivity contribution in [1.82, 2.24) is 33.9 Å². The molecule has 10 nitrogen and oxygen atoms in total. The quantitative estimate of drug-likeness (QED) is 0.293. The van der Waals surface area contributed by atoms with Crippen molar-refractivity contribution >= 4 is 28.3 Å². The van der Waals surface area contributed by atoms with Gasteiger partial charge in [0.2, 0.25) is 5.91 Å². The van der Waals surface area contributed by atoms with Gasteiger partial charge in [0.1, 0.15) is 17.0 Å². The van der Waals surface area contributed by atoms with Crippen molar-refractivity contribution in [2.75, 3.05) is 26.2 Å². The van der Waals surface area contributed by atoms with E-state index in [0.717, 1.165) is 36.6 Å². The maximum absolute atomic E-state index is 14.1. The van der Waals surface area contributed by atoms with Crippen LogP contribution in [0.2, 0.25) is 0 Å². The summed E-state index contributed by atoms with van der Waals surface area (Å²) in [4.78, 5) is 46.0. The zero-order valence-corrected chi connectivity index (χ0v) is 26.1. The lowest BCUT2D eigenvalue weighted by Gasteiger charge is -2.43. The van der Waals surface area contributed by atoms with Crippen molar-refractivity contribution in [3.63, 3.8) is 0 Å². The third kappa shape index (κ3) is 6.07. The molecule has 2 atom stereocenters. The highest BCUT2D eigenvalue weighted by Crippen LogP contribution is 2.36.